The Morgan fingerprint density at radius 3 is 2.77 bits per heavy atom. The van der Waals surface area contributed by atoms with Gasteiger partial charge in [-0.2, -0.15) is 0 Å². The predicted molar refractivity (Wildman–Crippen MR) is 85.2 cm³/mol. The Morgan fingerprint density at radius 2 is 2.18 bits per heavy atom. The molecule has 1 unspecified atom stereocenters. The molecule has 0 radical (unpaired) electrons. The van der Waals surface area contributed by atoms with Crippen LogP contribution in [0, 0.1) is 0 Å². The molecular formula is C15H19N3O3S. The topological polar surface area (TPSA) is 72.7 Å². The van der Waals surface area contributed by atoms with Gasteiger partial charge >= 0.3 is 5.97 Å². The molecule has 6 nitrogen and oxygen atoms in total. The molecular weight excluding hydrogens is 302 g/mol. The van der Waals surface area contributed by atoms with Crippen LogP contribution in [0.4, 0.5) is 0 Å². The highest BCUT2D eigenvalue weighted by Gasteiger charge is 2.35. The second-order valence-corrected chi connectivity index (χ2v) is 5.81. The summed E-state index contributed by atoms with van der Waals surface area (Å²) in [6.07, 6.45) is 4.17. The fourth-order valence-corrected chi connectivity index (χ4v) is 2.68. The molecule has 0 aromatic carbocycles. The first-order chi connectivity index (χ1) is 10.5. The van der Waals surface area contributed by atoms with Crippen LogP contribution >= 0.6 is 11.8 Å². The summed E-state index contributed by atoms with van der Waals surface area (Å²) in [4.78, 5) is 28.8. The van der Waals surface area contributed by atoms with Crippen LogP contribution in [0.5, 0.6) is 0 Å². The van der Waals surface area contributed by atoms with Gasteiger partial charge in [0.05, 0.1) is 12.6 Å². The summed E-state index contributed by atoms with van der Waals surface area (Å²) in [6.45, 7) is 3.46. The van der Waals surface area contributed by atoms with Gasteiger partial charge in [-0.25, -0.2) is 9.78 Å². The Morgan fingerprint density at radius 1 is 1.45 bits per heavy atom. The van der Waals surface area contributed by atoms with Gasteiger partial charge < -0.3 is 10.1 Å². The highest BCUT2D eigenvalue weighted by atomic mass is 32.2. The van der Waals surface area contributed by atoms with E-state index in [9.17, 15) is 9.59 Å². The van der Waals surface area contributed by atoms with E-state index in [1.165, 1.54) is 18.9 Å². The SMILES string of the molecule is CCC(C)(NC(=O)c1nc(SC)n2ccccc12)C(=O)OC. The van der Waals surface area contributed by atoms with Crippen molar-refractivity contribution in [3.8, 4) is 0 Å². The molecule has 7 heteroatoms. The summed E-state index contributed by atoms with van der Waals surface area (Å²) in [6, 6.07) is 5.54. The second-order valence-electron chi connectivity index (χ2n) is 5.03. The van der Waals surface area contributed by atoms with Crippen molar-refractivity contribution < 1.29 is 14.3 Å². The molecule has 1 N–H and O–H groups in total. The highest BCUT2D eigenvalue weighted by Crippen LogP contribution is 2.21. The number of carbonyl (C=O) groups is 2. The molecule has 0 saturated carbocycles. The Kier molecular flexibility index (Phi) is 4.75. The molecule has 0 fully saturated rings. The van der Waals surface area contributed by atoms with Crippen molar-refractivity contribution >= 4 is 29.2 Å². The van der Waals surface area contributed by atoms with Crippen molar-refractivity contribution in [3.63, 3.8) is 0 Å². The van der Waals surface area contributed by atoms with E-state index in [1.54, 1.807) is 6.92 Å². The van der Waals surface area contributed by atoms with Crippen LogP contribution in [0.2, 0.25) is 0 Å². The molecule has 2 heterocycles. The predicted octanol–water partition coefficient (Wildman–Crippen LogP) is 2.13. The van der Waals surface area contributed by atoms with E-state index in [0.717, 1.165) is 5.16 Å². The monoisotopic (exact) mass is 321 g/mol. The first-order valence-corrected chi connectivity index (χ1v) is 8.11. The van der Waals surface area contributed by atoms with Gasteiger partial charge in [0.15, 0.2) is 10.9 Å². The third kappa shape index (κ3) is 2.81. The lowest BCUT2D eigenvalue weighted by atomic mass is 9.99. The standard InChI is InChI=1S/C15H19N3O3S/c1-5-15(2,13(20)21-3)17-12(19)11-10-8-6-7-9-18(10)14(16-11)22-4/h6-9H,5H2,1-4H3,(H,17,19). The summed E-state index contributed by atoms with van der Waals surface area (Å²) >= 11 is 1.45. The van der Waals surface area contributed by atoms with Crippen molar-refractivity contribution in [3.05, 3.63) is 30.1 Å². The zero-order valence-corrected chi connectivity index (χ0v) is 13.9. The number of rotatable bonds is 5. The zero-order valence-electron chi connectivity index (χ0n) is 13.0. The van der Waals surface area contributed by atoms with Crippen LogP contribution in [0.15, 0.2) is 29.6 Å². The molecule has 1 atom stereocenters. The van der Waals surface area contributed by atoms with E-state index in [4.69, 9.17) is 4.74 Å². The van der Waals surface area contributed by atoms with E-state index in [2.05, 4.69) is 10.3 Å². The van der Waals surface area contributed by atoms with Gasteiger partial charge in [-0.3, -0.25) is 9.20 Å². The molecule has 0 aliphatic heterocycles. The Hall–Kier alpha value is -2.02. The van der Waals surface area contributed by atoms with Gasteiger partial charge in [-0.05, 0) is 31.7 Å². The Balaban J connectivity index is 2.40. The summed E-state index contributed by atoms with van der Waals surface area (Å²) < 4.78 is 6.62. The van der Waals surface area contributed by atoms with Crippen molar-refractivity contribution in [1.29, 1.82) is 0 Å². The number of nitrogens with zero attached hydrogens (tertiary/aromatic N) is 2. The molecule has 2 aromatic rings. The molecule has 0 bridgehead atoms. The van der Waals surface area contributed by atoms with Crippen molar-refractivity contribution in [2.45, 2.75) is 31.0 Å². The number of ether oxygens (including phenoxy) is 1. The van der Waals surface area contributed by atoms with Gasteiger partial charge in [0.1, 0.15) is 5.54 Å². The summed E-state index contributed by atoms with van der Waals surface area (Å²) in [5.74, 6) is -0.865. The first kappa shape index (κ1) is 16.4. The van der Waals surface area contributed by atoms with E-state index < -0.39 is 17.4 Å². The van der Waals surface area contributed by atoms with E-state index in [0.29, 0.717) is 17.6 Å². The maximum atomic E-state index is 12.6. The highest BCUT2D eigenvalue weighted by molar-refractivity contribution is 7.98. The molecule has 0 saturated heterocycles. The number of thioether (sulfide) groups is 1. The van der Waals surface area contributed by atoms with E-state index in [-0.39, 0.29) is 0 Å². The zero-order chi connectivity index (χ0) is 16.3. The molecule has 0 aliphatic carbocycles. The van der Waals surface area contributed by atoms with Gasteiger partial charge in [0, 0.05) is 6.20 Å². The minimum Gasteiger partial charge on any atom is -0.467 e. The largest absolute Gasteiger partial charge is 0.467 e. The third-order valence-corrected chi connectivity index (χ3v) is 4.30. The van der Waals surface area contributed by atoms with Crippen LogP contribution < -0.4 is 5.32 Å². The quantitative estimate of drug-likeness (QED) is 0.674. The minimum atomic E-state index is -1.07. The van der Waals surface area contributed by atoms with Crippen molar-refractivity contribution in [1.82, 2.24) is 14.7 Å². The van der Waals surface area contributed by atoms with Crippen LogP contribution in [-0.4, -0.2) is 40.2 Å². The third-order valence-electron chi connectivity index (χ3n) is 3.65. The number of imidazole rings is 1. The number of amides is 1. The average Bonchev–Trinajstić information content (AvgIpc) is 2.92. The fourth-order valence-electron chi connectivity index (χ4n) is 2.14. The molecule has 2 rings (SSSR count). The van der Waals surface area contributed by atoms with Gasteiger partial charge in [0.2, 0.25) is 0 Å². The average molecular weight is 321 g/mol. The van der Waals surface area contributed by atoms with Gasteiger partial charge in [0.25, 0.3) is 5.91 Å². The molecule has 1 amide bonds. The van der Waals surface area contributed by atoms with Crippen LogP contribution in [0.3, 0.4) is 0 Å². The van der Waals surface area contributed by atoms with Crippen LogP contribution in [0.1, 0.15) is 30.8 Å². The number of methoxy groups -OCH3 is 1. The lowest BCUT2D eigenvalue weighted by Crippen LogP contribution is -2.52. The van der Waals surface area contributed by atoms with Crippen LogP contribution in [0.25, 0.3) is 5.52 Å². The molecule has 22 heavy (non-hydrogen) atoms. The number of hydrogen-bond acceptors (Lipinski definition) is 5. The number of carbonyl (C=O) groups excluding carboxylic acids is 2. The molecule has 0 spiro atoms. The number of hydrogen-bond donors (Lipinski definition) is 1. The first-order valence-electron chi connectivity index (χ1n) is 6.88. The van der Waals surface area contributed by atoms with Crippen LogP contribution in [-0.2, 0) is 9.53 Å². The second kappa shape index (κ2) is 6.39. The van der Waals surface area contributed by atoms with Gasteiger partial charge in [-0.1, -0.05) is 24.8 Å². The van der Waals surface area contributed by atoms with Gasteiger partial charge in [-0.15, -0.1) is 0 Å². The summed E-state index contributed by atoms with van der Waals surface area (Å²) in [5.41, 5.74) is -0.0722. The number of pyridine rings is 1. The lowest BCUT2D eigenvalue weighted by molar-refractivity contribution is -0.147. The number of nitrogens with one attached hydrogen (secondary N) is 1. The minimum absolute atomic E-state index is 0.300. The molecule has 0 aliphatic rings. The number of esters is 1. The summed E-state index contributed by atoms with van der Waals surface area (Å²) in [5, 5.41) is 3.46. The molecule has 118 valence electrons. The van der Waals surface area contributed by atoms with Crippen molar-refractivity contribution in [2.75, 3.05) is 13.4 Å². The van der Waals surface area contributed by atoms with Crippen molar-refractivity contribution in [2.24, 2.45) is 0 Å². The van der Waals surface area contributed by atoms with E-state index >= 15 is 0 Å². The fraction of sp³-hybridized carbons (Fsp3) is 0.400. The number of aromatic nitrogens is 2. The molecule has 2 aromatic heterocycles. The smallest absolute Gasteiger partial charge is 0.331 e. The number of fused-ring (bicyclic) bond motifs is 1. The maximum Gasteiger partial charge on any atom is 0.331 e. The summed E-state index contributed by atoms with van der Waals surface area (Å²) in [7, 11) is 1.31. The maximum absolute atomic E-state index is 12.6. The Labute approximate surface area is 133 Å². The normalized spacial score (nSPS) is 13.6. The van der Waals surface area contributed by atoms with E-state index in [1.807, 2.05) is 42.0 Å². The Bertz CT molecular complexity index is 713. The lowest BCUT2D eigenvalue weighted by Gasteiger charge is -2.26.